The number of aryl methyl sites for hydroxylation is 2. The standard InChI is InChI=1S/C20H24N4O5/c1-23-16-11-15(21)18(12-17(16)24(2)20(23)27)29-14-7-5-6-13(10-14)28-9-4-3-8-22-19(25)26/h5-7,10-12,22H,3-4,8-9,21H2,1-2H3,(H,25,26). The summed E-state index contributed by atoms with van der Waals surface area (Å²) < 4.78 is 14.7. The Morgan fingerprint density at radius 3 is 2.52 bits per heavy atom. The number of ether oxygens (including phenoxy) is 2. The van der Waals surface area contributed by atoms with Crippen LogP contribution in [0, 0.1) is 0 Å². The number of nitrogens with two attached hydrogens (primary N) is 1. The number of imidazole rings is 1. The predicted octanol–water partition coefficient (Wildman–Crippen LogP) is 2.68. The maximum Gasteiger partial charge on any atom is 0.404 e. The zero-order valence-corrected chi connectivity index (χ0v) is 16.3. The molecule has 0 atom stereocenters. The van der Waals surface area contributed by atoms with Gasteiger partial charge in [0.15, 0.2) is 5.75 Å². The average Bonchev–Trinajstić information content (AvgIpc) is 2.89. The molecule has 0 spiro atoms. The van der Waals surface area contributed by atoms with Gasteiger partial charge >= 0.3 is 11.8 Å². The van der Waals surface area contributed by atoms with Crippen LogP contribution in [-0.2, 0) is 14.1 Å². The van der Waals surface area contributed by atoms with E-state index in [4.69, 9.17) is 20.3 Å². The molecule has 1 amide bonds. The number of carboxylic acid groups (broad SMARTS) is 1. The number of unbranched alkanes of at least 4 members (excludes halogenated alkanes) is 1. The van der Waals surface area contributed by atoms with Crippen LogP contribution >= 0.6 is 0 Å². The molecule has 0 aliphatic rings. The Balaban J connectivity index is 1.67. The summed E-state index contributed by atoms with van der Waals surface area (Å²) >= 11 is 0. The van der Waals surface area contributed by atoms with Crippen molar-refractivity contribution in [3.63, 3.8) is 0 Å². The number of hydrogen-bond acceptors (Lipinski definition) is 5. The monoisotopic (exact) mass is 400 g/mol. The molecule has 3 aromatic rings. The second-order valence-electron chi connectivity index (χ2n) is 6.64. The maximum absolute atomic E-state index is 12.1. The first-order valence-electron chi connectivity index (χ1n) is 9.19. The Morgan fingerprint density at radius 2 is 1.79 bits per heavy atom. The van der Waals surface area contributed by atoms with Gasteiger partial charge in [0.1, 0.15) is 11.5 Å². The number of carbonyl (C=O) groups is 1. The third-order valence-electron chi connectivity index (χ3n) is 4.55. The average molecular weight is 400 g/mol. The molecule has 9 heteroatoms. The Morgan fingerprint density at radius 1 is 1.10 bits per heavy atom. The molecule has 4 N–H and O–H groups in total. The molecule has 0 aliphatic heterocycles. The largest absolute Gasteiger partial charge is 0.493 e. The van der Waals surface area contributed by atoms with Crippen molar-refractivity contribution >= 4 is 22.8 Å². The van der Waals surface area contributed by atoms with E-state index in [-0.39, 0.29) is 5.69 Å². The van der Waals surface area contributed by atoms with Crippen molar-refractivity contribution in [2.75, 3.05) is 18.9 Å². The first kappa shape index (κ1) is 20.1. The molecule has 0 aliphatic carbocycles. The number of nitrogens with one attached hydrogen (secondary N) is 1. The molecule has 2 aromatic carbocycles. The van der Waals surface area contributed by atoms with Gasteiger partial charge in [0.05, 0.1) is 23.3 Å². The fourth-order valence-corrected chi connectivity index (χ4v) is 3.00. The van der Waals surface area contributed by atoms with Crippen LogP contribution < -0.4 is 26.2 Å². The molecule has 3 rings (SSSR count). The van der Waals surface area contributed by atoms with Crippen molar-refractivity contribution in [2.24, 2.45) is 14.1 Å². The molecule has 0 radical (unpaired) electrons. The lowest BCUT2D eigenvalue weighted by Crippen LogP contribution is -2.22. The van der Waals surface area contributed by atoms with Gasteiger partial charge in [-0.1, -0.05) is 6.07 Å². The molecule has 0 bridgehead atoms. The maximum atomic E-state index is 12.1. The Kier molecular flexibility index (Phi) is 5.96. The lowest BCUT2D eigenvalue weighted by molar-refractivity contribution is 0.194. The van der Waals surface area contributed by atoms with Gasteiger partial charge in [0.25, 0.3) is 0 Å². The lowest BCUT2D eigenvalue weighted by atomic mass is 10.2. The number of nitrogen functional groups attached to an aromatic ring is 1. The highest BCUT2D eigenvalue weighted by atomic mass is 16.5. The van der Waals surface area contributed by atoms with E-state index in [1.54, 1.807) is 42.9 Å². The number of benzene rings is 2. The van der Waals surface area contributed by atoms with Crippen LogP contribution in [0.25, 0.3) is 11.0 Å². The highest BCUT2D eigenvalue weighted by Gasteiger charge is 2.12. The number of anilines is 1. The number of nitrogens with zero attached hydrogens (tertiary/aromatic N) is 2. The van der Waals surface area contributed by atoms with Crippen LogP contribution in [-0.4, -0.2) is 33.5 Å². The molecule has 0 saturated carbocycles. The van der Waals surface area contributed by atoms with E-state index in [0.717, 1.165) is 17.5 Å². The van der Waals surface area contributed by atoms with E-state index in [1.165, 1.54) is 4.57 Å². The predicted molar refractivity (Wildman–Crippen MR) is 110 cm³/mol. The highest BCUT2D eigenvalue weighted by Crippen LogP contribution is 2.32. The second kappa shape index (κ2) is 8.59. The van der Waals surface area contributed by atoms with E-state index in [2.05, 4.69) is 5.32 Å². The van der Waals surface area contributed by atoms with Gasteiger partial charge < -0.3 is 25.6 Å². The van der Waals surface area contributed by atoms with Gasteiger partial charge in [-0.3, -0.25) is 9.13 Å². The van der Waals surface area contributed by atoms with E-state index < -0.39 is 6.09 Å². The van der Waals surface area contributed by atoms with Crippen molar-refractivity contribution in [3.8, 4) is 17.2 Å². The molecule has 1 aromatic heterocycles. The summed E-state index contributed by atoms with van der Waals surface area (Å²) in [5.41, 5.74) is 7.87. The van der Waals surface area contributed by atoms with Gasteiger partial charge in [-0.05, 0) is 31.0 Å². The van der Waals surface area contributed by atoms with Gasteiger partial charge in [-0.25, -0.2) is 9.59 Å². The molecule has 154 valence electrons. The summed E-state index contributed by atoms with van der Waals surface area (Å²) in [5, 5.41) is 10.8. The first-order valence-corrected chi connectivity index (χ1v) is 9.19. The summed E-state index contributed by atoms with van der Waals surface area (Å²) in [6.45, 7) is 0.858. The highest BCUT2D eigenvalue weighted by molar-refractivity contribution is 5.83. The van der Waals surface area contributed by atoms with Crippen LogP contribution in [0.4, 0.5) is 10.5 Å². The van der Waals surface area contributed by atoms with Crippen LogP contribution in [0.1, 0.15) is 12.8 Å². The summed E-state index contributed by atoms with van der Waals surface area (Å²) in [7, 11) is 3.40. The lowest BCUT2D eigenvalue weighted by Gasteiger charge is -2.11. The van der Waals surface area contributed by atoms with Gasteiger partial charge in [0, 0.05) is 32.8 Å². The number of aromatic nitrogens is 2. The second-order valence-corrected chi connectivity index (χ2v) is 6.64. The van der Waals surface area contributed by atoms with Gasteiger partial charge in [-0.2, -0.15) is 0 Å². The number of hydrogen-bond donors (Lipinski definition) is 3. The minimum absolute atomic E-state index is 0.134. The quantitative estimate of drug-likeness (QED) is 0.395. The normalized spacial score (nSPS) is 10.8. The SMILES string of the molecule is Cn1c(=O)n(C)c2cc(Oc3cccc(OCCCCNC(=O)O)c3)c(N)cc21. The third kappa shape index (κ3) is 4.63. The fourth-order valence-electron chi connectivity index (χ4n) is 3.00. The number of fused-ring (bicyclic) bond motifs is 1. The summed E-state index contributed by atoms with van der Waals surface area (Å²) in [4.78, 5) is 22.5. The molecule has 29 heavy (non-hydrogen) atoms. The fraction of sp³-hybridized carbons (Fsp3) is 0.300. The molecular weight excluding hydrogens is 376 g/mol. The first-order chi connectivity index (χ1) is 13.9. The molecule has 0 fully saturated rings. The summed E-state index contributed by atoms with van der Waals surface area (Å²) in [5.74, 6) is 1.65. The van der Waals surface area contributed by atoms with Gasteiger partial charge in [0.2, 0.25) is 0 Å². The Labute approximate surface area is 167 Å². The Hall–Kier alpha value is -3.62. The van der Waals surface area contributed by atoms with Crippen molar-refractivity contribution in [1.29, 1.82) is 0 Å². The van der Waals surface area contributed by atoms with E-state index in [1.807, 2.05) is 12.1 Å². The van der Waals surface area contributed by atoms with Crippen LogP contribution in [0.3, 0.4) is 0 Å². The molecule has 0 unspecified atom stereocenters. The van der Waals surface area contributed by atoms with Crippen molar-refractivity contribution in [1.82, 2.24) is 14.5 Å². The summed E-state index contributed by atoms with van der Waals surface area (Å²) in [6, 6.07) is 10.6. The van der Waals surface area contributed by atoms with Crippen LogP contribution in [0.15, 0.2) is 41.2 Å². The Bertz CT molecular complexity index is 1090. The topological polar surface area (TPSA) is 121 Å². The molecule has 1 heterocycles. The minimum atomic E-state index is -1.02. The van der Waals surface area contributed by atoms with Crippen molar-refractivity contribution < 1.29 is 19.4 Å². The zero-order chi connectivity index (χ0) is 21.0. The van der Waals surface area contributed by atoms with Gasteiger partial charge in [-0.15, -0.1) is 0 Å². The molecule has 0 saturated heterocycles. The van der Waals surface area contributed by atoms with Crippen LogP contribution in [0.5, 0.6) is 17.2 Å². The number of rotatable bonds is 8. The minimum Gasteiger partial charge on any atom is -0.493 e. The van der Waals surface area contributed by atoms with Crippen molar-refractivity contribution in [2.45, 2.75) is 12.8 Å². The van der Waals surface area contributed by atoms with Crippen molar-refractivity contribution in [3.05, 3.63) is 46.9 Å². The third-order valence-corrected chi connectivity index (χ3v) is 4.55. The zero-order valence-electron chi connectivity index (χ0n) is 16.3. The van der Waals surface area contributed by atoms with E-state index >= 15 is 0 Å². The smallest absolute Gasteiger partial charge is 0.404 e. The molecular formula is C20H24N4O5. The van der Waals surface area contributed by atoms with Crippen LogP contribution in [0.2, 0.25) is 0 Å². The summed E-state index contributed by atoms with van der Waals surface area (Å²) in [6.07, 6.45) is 0.384. The van der Waals surface area contributed by atoms with E-state index in [9.17, 15) is 9.59 Å². The number of amides is 1. The molecule has 9 nitrogen and oxygen atoms in total. The van der Waals surface area contributed by atoms with E-state index in [0.29, 0.717) is 42.5 Å².